The maximum atomic E-state index is 6.28. The molecule has 0 bridgehead atoms. The third-order valence-corrected chi connectivity index (χ3v) is 4.76. The Balaban J connectivity index is 1.81. The Morgan fingerprint density at radius 2 is 1.77 bits per heavy atom. The summed E-state index contributed by atoms with van der Waals surface area (Å²) in [4.78, 5) is 13.4. The number of imidazole rings is 1. The molecule has 0 unspecified atom stereocenters. The van der Waals surface area contributed by atoms with Gasteiger partial charge in [0.2, 0.25) is 0 Å². The van der Waals surface area contributed by atoms with E-state index in [-0.39, 0.29) is 0 Å². The van der Waals surface area contributed by atoms with Gasteiger partial charge in [0, 0.05) is 20.6 Å². The van der Waals surface area contributed by atoms with Crippen LogP contribution in [0.4, 0.5) is 5.82 Å². The van der Waals surface area contributed by atoms with E-state index in [9.17, 15) is 0 Å². The Bertz CT molecular complexity index is 1080. The van der Waals surface area contributed by atoms with E-state index in [1.54, 1.807) is 30.6 Å². The van der Waals surface area contributed by atoms with Crippen molar-refractivity contribution in [3.8, 4) is 22.9 Å². The highest BCUT2D eigenvalue weighted by Crippen LogP contribution is 2.30. The van der Waals surface area contributed by atoms with Crippen LogP contribution in [0.15, 0.2) is 48.8 Å². The van der Waals surface area contributed by atoms with Crippen LogP contribution < -0.4 is 5.73 Å². The van der Waals surface area contributed by atoms with E-state index in [0.29, 0.717) is 44.8 Å². The van der Waals surface area contributed by atoms with Crippen molar-refractivity contribution in [3.63, 3.8) is 0 Å². The molecule has 0 aromatic heterocycles. The zero-order valence-corrected chi connectivity index (χ0v) is 15.6. The van der Waals surface area contributed by atoms with Crippen molar-refractivity contribution in [2.75, 3.05) is 5.73 Å². The number of nitrogens with two attached hydrogens (primary N) is 1. The summed E-state index contributed by atoms with van der Waals surface area (Å²) in [5.41, 5.74) is 8.18. The quantitative estimate of drug-likeness (QED) is 0.519. The van der Waals surface area contributed by atoms with E-state index in [2.05, 4.69) is 15.0 Å². The van der Waals surface area contributed by atoms with E-state index in [0.717, 1.165) is 11.1 Å². The minimum absolute atomic E-state index is 0.314. The number of hydrogen-bond acceptors (Lipinski definition) is 4. The molecule has 0 spiro atoms. The molecule has 2 aliphatic rings. The van der Waals surface area contributed by atoms with Gasteiger partial charge in [-0.05, 0) is 35.9 Å². The number of halogens is 3. The van der Waals surface area contributed by atoms with Crippen LogP contribution in [0.5, 0.6) is 0 Å². The molecule has 0 radical (unpaired) electrons. The molecule has 2 heterocycles. The number of rotatable bonds is 3. The van der Waals surface area contributed by atoms with Crippen LogP contribution in [0.2, 0.25) is 15.1 Å². The number of hydrogen-bond donors (Lipinski definition) is 1. The number of fused-ring (bicyclic) bond motifs is 1. The zero-order chi connectivity index (χ0) is 18.3. The predicted molar refractivity (Wildman–Crippen MR) is 105 cm³/mol. The highest BCUT2D eigenvalue weighted by Gasteiger charge is 2.20. The van der Waals surface area contributed by atoms with Crippen molar-refractivity contribution in [1.29, 1.82) is 0 Å². The van der Waals surface area contributed by atoms with Gasteiger partial charge in [-0.15, -0.1) is 0 Å². The van der Waals surface area contributed by atoms with Gasteiger partial charge in [0.25, 0.3) is 0 Å². The normalized spacial score (nSPS) is 11.2. The first kappa shape index (κ1) is 17.1. The molecule has 0 aliphatic carbocycles. The molecule has 0 fully saturated rings. The number of benzene rings is 2. The lowest BCUT2D eigenvalue weighted by molar-refractivity contribution is 0.763. The first-order chi connectivity index (χ1) is 12.5. The largest absolute Gasteiger partial charge is 0.382 e. The minimum Gasteiger partial charge on any atom is -0.382 e. The van der Waals surface area contributed by atoms with Crippen molar-refractivity contribution >= 4 is 40.6 Å². The third-order valence-electron chi connectivity index (χ3n) is 3.92. The second kappa shape index (κ2) is 6.76. The number of nitrogen functional groups attached to an aromatic ring is 1. The van der Waals surface area contributed by atoms with Gasteiger partial charge in [0.05, 0.1) is 12.9 Å². The van der Waals surface area contributed by atoms with Crippen LogP contribution in [-0.2, 0) is 6.54 Å². The summed E-state index contributed by atoms with van der Waals surface area (Å²) in [6, 6.07) is 12.7. The van der Waals surface area contributed by atoms with Crippen LogP contribution in [0.25, 0.3) is 22.9 Å². The SMILES string of the molecule is Nc1ncn(Cc2cc(Cl)ccc2Cl)c2nc(-c3cccc(Cl)c3)nc1-2. The average molecular weight is 405 g/mol. The van der Waals surface area contributed by atoms with Crippen LogP contribution in [0.1, 0.15) is 5.56 Å². The van der Waals surface area contributed by atoms with Gasteiger partial charge >= 0.3 is 0 Å². The first-order valence-electron chi connectivity index (χ1n) is 7.69. The Kier molecular flexibility index (Phi) is 4.44. The Morgan fingerprint density at radius 1 is 0.962 bits per heavy atom. The Hall–Kier alpha value is -2.34. The molecule has 2 aliphatic heterocycles. The van der Waals surface area contributed by atoms with Crippen LogP contribution in [0, 0.1) is 0 Å². The lowest BCUT2D eigenvalue weighted by atomic mass is 10.2. The first-order valence-corrected chi connectivity index (χ1v) is 8.83. The molecule has 0 saturated heterocycles. The van der Waals surface area contributed by atoms with Crippen molar-refractivity contribution in [2.45, 2.75) is 6.54 Å². The van der Waals surface area contributed by atoms with Crippen LogP contribution in [0.3, 0.4) is 0 Å². The van der Waals surface area contributed by atoms with Crippen molar-refractivity contribution in [2.24, 2.45) is 0 Å². The molecule has 4 rings (SSSR count). The van der Waals surface area contributed by atoms with Gasteiger partial charge in [-0.3, -0.25) is 0 Å². The van der Waals surface area contributed by atoms with Gasteiger partial charge < -0.3 is 10.3 Å². The van der Waals surface area contributed by atoms with Crippen LogP contribution in [-0.4, -0.2) is 19.5 Å². The summed E-state index contributed by atoms with van der Waals surface area (Å²) in [5, 5.41) is 1.83. The summed E-state index contributed by atoms with van der Waals surface area (Å²) in [7, 11) is 0. The predicted octanol–water partition coefficient (Wildman–Crippen LogP) is 5.04. The molecule has 26 heavy (non-hydrogen) atoms. The van der Waals surface area contributed by atoms with E-state index in [1.807, 2.05) is 22.8 Å². The molecule has 0 amide bonds. The van der Waals surface area contributed by atoms with E-state index < -0.39 is 0 Å². The number of aromatic nitrogens is 4. The molecule has 2 aromatic rings. The topological polar surface area (TPSA) is 69.6 Å². The molecule has 130 valence electrons. The molecular formula is C18H12Cl3N5. The molecule has 0 atom stereocenters. The second-order valence-electron chi connectivity index (χ2n) is 5.72. The summed E-state index contributed by atoms with van der Waals surface area (Å²) in [6.07, 6.45) is 1.62. The molecule has 8 heteroatoms. The second-order valence-corrected chi connectivity index (χ2v) is 7.00. The fourth-order valence-electron chi connectivity index (χ4n) is 2.67. The van der Waals surface area contributed by atoms with Crippen LogP contribution >= 0.6 is 34.8 Å². The van der Waals surface area contributed by atoms with Gasteiger partial charge in [0.15, 0.2) is 23.2 Å². The molecule has 2 N–H and O–H groups in total. The van der Waals surface area contributed by atoms with E-state index in [4.69, 9.17) is 40.5 Å². The third kappa shape index (κ3) is 3.21. The maximum absolute atomic E-state index is 6.28. The van der Waals surface area contributed by atoms with Crippen molar-refractivity contribution in [1.82, 2.24) is 19.5 Å². The summed E-state index contributed by atoms with van der Waals surface area (Å²) >= 11 is 18.4. The van der Waals surface area contributed by atoms with Crippen molar-refractivity contribution < 1.29 is 0 Å². The smallest absolute Gasteiger partial charge is 0.166 e. The monoisotopic (exact) mass is 403 g/mol. The number of nitrogens with zero attached hydrogens (tertiary/aromatic N) is 4. The molecule has 5 nitrogen and oxygen atoms in total. The molecule has 0 saturated carbocycles. The lowest BCUT2D eigenvalue weighted by Gasteiger charge is -2.12. The highest BCUT2D eigenvalue weighted by atomic mass is 35.5. The van der Waals surface area contributed by atoms with Gasteiger partial charge in [-0.1, -0.05) is 46.9 Å². The van der Waals surface area contributed by atoms with Gasteiger partial charge in [-0.25, -0.2) is 15.0 Å². The summed E-state index contributed by atoms with van der Waals surface area (Å²) in [5.74, 6) is 1.46. The fraction of sp³-hybridized carbons (Fsp3) is 0.0556. The van der Waals surface area contributed by atoms with E-state index >= 15 is 0 Å². The zero-order valence-electron chi connectivity index (χ0n) is 13.3. The summed E-state index contributed by atoms with van der Waals surface area (Å²) in [6.45, 7) is 0.441. The van der Waals surface area contributed by atoms with Crippen molar-refractivity contribution in [3.05, 3.63) is 69.4 Å². The van der Waals surface area contributed by atoms with Gasteiger partial charge in [0.1, 0.15) is 0 Å². The Morgan fingerprint density at radius 3 is 2.58 bits per heavy atom. The highest BCUT2D eigenvalue weighted by molar-refractivity contribution is 6.33. The van der Waals surface area contributed by atoms with Gasteiger partial charge in [-0.2, -0.15) is 0 Å². The summed E-state index contributed by atoms with van der Waals surface area (Å²) < 4.78 is 1.84. The van der Waals surface area contributed by atoms with E-state index in [1.165, 1.54) is 0 Å². The average Bonchev–Trinajstić information content (AvgIpc) is 3.07. The number of anilines is 1. The maximum Gasteiger partial charge on any atom is 0.166 e. The minimum atomic E-state index is 0.314. The molecule has 2 aromatic carbocycles. The molecular weight excluding hydrogens is 393 g/mol. The standard InChI is InChI=1S/C18H12Cl3N5/c19-12-3-1-2-10(6-12)17-24-15-16(22)23-9-26(18(15)25-17)8-11-7-13(20)4-5-14(11)21/h1-7,9H,8,22H2. The Labute approximate surface area is 164 Å². The lowest BCUT2D eigenvalue weighted by Crippen LogP contribution is -2.09. The fourth-order valence-corrected chi connectivity index (χ4v) is 3.24.